The van der Waals surface area contributed by atoms with Gasteiger partial charge >= 0.3 is 5.97 Å². The fraction of sp³-hybridized carbons (Fsp3) is 0.429. The number of ether oxygens (including phenoxy) is 1. The van der Waals surface area contributed by atoms with Gasteiger partial charge in [-0.1, -0.05) is 5.92 Å². The number of aromatic nitrogens is 1. The Morgan fingerprint density at radius 2 is 2.29 bits per heavy atom. The number of aryl methyl sites for hydroxylation is 1. The maximum atomic E-state index is 11.6. The van der Waals surface area contributed by atoms with Gasteiger partial charge in [0, 0.05) is 5.92 Å². The zero-order chi connectivity index (χ0) is 12.3. The summed E-state index contributed by atoms with van der Waals surface area (Å²) in [5, 5.41) is 0. The van der Waals surface area contributed by atoms with E-state index in [2.05, 4.69) is 16.8 Å². The molecule has 0 amide bonds. The minimum atomic E-state index is -0.320. The van der Waals surface area contributed by atoms with Crippen LogP contribution in [0, 0.1) is 24.7 Å². The molecule has 0 atom stereocenters. The van der Waals surface area contributed by atoms with Crippen molar-refractivity contribution in [1.82, 2.24) is 4.98 Å². The first kappa shape index (κ1) is 11.7. The molecule has 1 aromatic rings. The summed E-state index contributed by atoms with van der Waals surface area (Å²) in [5.41, 5.74) is 1.91. The zero-order valence-electron chi connectivity index (χ0n) is 10.1. The third-order valence-corrected chi connectivity index (χ3v) is 2.56. The lowest BCUT2D eigenvalue weighted by atomic mass is 10.2. The van der Waals surface area contributed by atoms with Crippen molar-refractivity contribution in [2.24, 2.45) is 5.92 Å². The van der Waals surface area contributed by atoms with Crippen molar-refractivity contribution in [3.8, 4) is 11.8 Å². The number of hydrogen-bond acceptors (Lipinski definition) is 3. The lowest BCUT2D eigenvalue weighted by Crippen LogP contribution is -2.08. The molecule has 0 aromatic carbocycles. The summed E-state index contributed by atoms with van der Waals surface area (Å²) in [7, 11) is 0. The first-order valence-corrected chi connectivity index (χ1v) is 5.87. The van der Waals surface area contributed by atoms with Gasteiger partial charge in [-0.05, 0) is 44.7 Å². The molecule has 1 saturated carbocycles. The Balaban J connectivity index is 2.16. The molecule has 0 aliphatic heterocycles. The molecular weight excluding hydrogens is 214 g/mol. The van der Waals surface area contributed by atoms with Crippen LogP contribution in [0.15, 0.2) is 12.1 Å². The average Bonchev–Trinajstić information content (AvgIpc) is 3.10. The van der Waals surface area contributed by atoms with Crippen LogP contribution in [-0.4, -0.2) is 17.6 Å². The molecule has 1 fully saturated rings. The Morgan fingerprint density at radius 1 is 1.53 bits per heavy atom. The van der Waals surface area contributed by atoms with Crippen LogP contribution in [0.5, 0.6) is 0 Å². The fourth-order valence-electron chi connectivity index (χ4n) is 1.46. The first-order chi connectivity index (χ1) is 8.20. The molecule has 3 heteroatoms. The Morgan fingerprint density at radius 3 is 2.88 bits per heavy atom. The predicted octanol–water partition coefficient (Wildman–Crippen LogP) is 2.33. The highest BCUT2D eigenvalue weighted by Crippen LogP contribution is 2.27. The lowest BCUT2D eigenvalue weighted by molar-refractivity contribution is 0.0525. The van der Waals surface area contributed by atoms with E-state index in [1.54, 1.807) is 26.0 Å². The number of carbonyl (C=O) groups excluding carboxylic acids is 1. The van der Waals surface area contributed by atoms with Gasteiger partial charge in [-0.15, -0.1) is 0 Å². The van der Waals surface area contributed by atoms with E-state index in [-0.39, 0.29) is 5.97 Å². The fourth-order valence-corrected chi connectivity index (χ4v) is 1.46. The van der Waals surface area contributed by atoms with Gasteiger partial charge < -0.3 is 4.74 Å². The predicted molar refractivity (Wildman–Crippen MR) is 64.5 cm³/mol. The van der Waals surface area contributed by atoms with Gasteiger partial charge in [0.2, 0.25) is 0 Å². The molecule has 0 saturated heterocycles. The summed E-state index contributed by atoms with van der Waals surface area (Å²) < 4.78 is 4.94. The summed E-state index contributed by atoms with van der Waals surface area (Å²) in [6.45, 7) is 3.96. The molecule has 3 nitrogen and oxygen atoms in total. The topological polar surface area (TPSA) is 39.2 Å². The second kappa shape index (κ2) is 5.01. The number of hydrogen-bond donors (Lipinski definition) is 0. The van der Waals surface area contributed by atoms with Crippen LogP contribution in [-0.2, 0) is 4.74 Å². The minimum Gasteiger partial charge on any atom is -0.462 e. The maximum absolute atomic E-state index is 11.6. The second-order valence-corrected chi connectivity index (χ2v) is 4.09. The second-order valence-electron chi connectivity index (χ2n) is 4.09. The van der Waals surface area contributed by atoms with Crippen molar-refractivity contribution in [2.45, 2.75) is 26.7 Å². The van der Waals surface area contributed by atoms with Crippen LogP contribution in [0.25, 0.3) is 0 Å². The van der Waals surface area contributed by atoms with Gasteiger partial charge in [-0.25, -0.2) is 9.78 Å². The zero-order valence-corrected chi connectivity index (χ0v) is 10.1. The number of pyridine rings is 1. The van der Waals surface area contributed by atoms with Crippen molar-refractivity contribution in [1.29, 1.82) is 0 Å². The van der Waals surface area contributed by atoms with Crippen molar-refractivity contribution in [3.05, 3.63) is 29.1 Å². The molecule has 0 spiro atoms. The largest absolute Gasteiger partial charge is 0.462 e. The van der Waals surface area contributed by atoms with E-state index in [0.29, 0.717) is 23.8 Å². The number of carbonyl (C=O) groups is 1. The Kier molecular flexibility index (Phi) is 3.43. The minimum absolute atomic E-state index is 0.320. The van der Waals surface area contributed by atoms with Crippen molar-refractivity contribution in [2.75, 3.05) is 6.61 Å². The summed E-state index contributed by atoms with van der Waals surface area (Å²) in [6, 6.07) is 3.51. The Hall–Kier alpha value is -1.82. The van der Waals surface area contributed by atoms with E-state index in [1.807, 2.05) is 0 Å². The van der Waals surface area contributed by atoms with Crippen LogP contribution in [0.3, 0.4) is 0 Å². The summed E-state index contributed by atoms with van der Waals surface area (Å²) >= 11 is 0. The number of nitrogens with zero attached hydrogens (tertiary/aromatic N) is 1. The molecule has 0 bridgehead atoms. The van der Waals surface area contributed by atoms with Gasteiger partial charge in [0.1, 0.15) is 5.69 Å². The van der Waals surface area contributed by atoms with E-state index in [4.69, 9.17) is 4.74 Å². The van der Waals surface area contributed by atoms with E-state index < -0.39 is 0 Å². The normalized spacial score (nSPS) is 13.8. The van der Waals surface area contributed by atoms with Crippen molar-refractivity contribution < 1.29 is 9.53 Å². The number of esters is 1. The molecule has 1 aliphatic carbocycles. The third-order valence-electron chi connectivity index (χ3n) is 2.56. The van der Waals surface area contributed by atoms with Crippen LogP contribution in [0.2, 0.25) is 0 Å². The van der Waals surface area contributed by atoms with Crippen LogP contribution in [0.4, 0.5) is 0 Å². The van der Waals surface area contributed by atoms with Crippen LogP contribution in [0.1, 0.15) is 41.5 Å². The molecule has 88 valence electrons. The molecule has 2 rings (SSSR count). The van der Waals surface area contributed by atoms with Crippen LogP contribution < -0.4 is 0 Å². The monoisotopic (exact) mass is 229 g/mol. The Labute approximate surface area is 101 Å². The van der Waals surface area contributed by atoms with E-state index in [1.165, 1.54) is 12.8 Å². The smallest absolute Gasteiger partial charge is 0.339 e. The maximum Gasteiger partial charge on any atom is 0.339 e. The van der Waals surface area contributed by atoms with E-state index in [0.717, 1.165) is 5.69 Å². The molecular formula is C14H15NO2. The van der Waals surface area contributed by atoms with Gasteiger partial charge in [-0.3, -0.25) is 0 Å². The standard InChI is InChI=1S/C14H15NO2/c1-3-17-14(16)13-9-8-12(15-10(13)2)7-6-11-4-5-11/h8-9,11H,3-5H2,1-2H3. The molecule has 1 heterocycles. The van der Waals surface area contributed by atoms with E-state index in [9.17, 15) is 4.79 Å². The molecule has 17 heavy (non-hydrogen) atoms. The third kappa shape index (κ3) is 3.07. The Bertz CT molecular complexity index is 493. The van der Waals surface area contributed by atoms with Crippen molar-refractivity contribution in [3.63, 3.8) is 0 Å². The first-order valence-electron chi connectivity index (χ1n) is 5.87. The van der Waals surface area contributed by atoms with Crippen LogP contribution >= 0.6 is 0 Å². The number of rotatable bonds is 2. The molecule has 0 unspecified atom stereocenters. The molecule has 0 radical (unpaired) electrons. The highest BCUT2D eigenvalue weighted by molar-refractivity contribution is 5.90. The van der Waals surface area contributed by atoms with Gasteiger partial charge in [0.25, 0.3) is 0 Å². The average molecular weight is 229 g/mol. The van der Waals surface area contributed by atoms with Gasteiger partial charge in [0.15, 0.2) is 0 Å². The van der Waals surface area contributed by atoms with Gasteiger partial charge in [-0.2, -0.15) is 0 Å². The van der Waals surface area contributed by atoms with Crippen molar-refractivity contribution >= 4 is 5.97 Å². The summed E-state index contributed by atoms with van der Waals surface area (Å²) in [4.78, 5) is 15.9. The summed E-state index contributed by atoms with van der Waals surface area (Å²) in [5.74, 6) is 6.41. The molecule has 1 aliphatic rings. The molecule has 1 aromatic heterocycles. The SMILES string of the molecule is CCOC(=O)c1ccc(C#CC2CC2)nc1C. The summed E-state index contributed by atoms with van der Waals surface area (Å²) in [6.07, 6.45) is 2.40. The quantitative estimate of drug-likeness (QED) is 0.577. The highest BCUT2D eigenvalue weighted by atomic mass is 16.5. The lowest BCUT2D eigenvalue weighted by Gasteiger charge is -2.04. The highest BCUT2D eigenvalue weighted by Gasteiger charge is 2.18. The molecule has 0 N–H and O–H groups in total. The van der Waals surface area contributed by atoms with E-state index >= 15 is 0 Å². The van der Waals surface area contributed by atoms with Gasteiger partial charge in [0.05, 0.1) is 17.9 Å².